The highest BCUT2D eigenvalue weighted by Crippen LogP contribution is 2.14. The van der Waals surface area contributed by atoms with Crippen molar-refractivity contribution in [3.63, 3.8) is 0 Å². The molecule has 6 heteroatoms. The molecule has 25 heavy (non-hydrogen) atoms. The minimum atomic E-state index is -0.549. The number of amides is 1. The number of carbonyl (C=O) groups is 2. The molecule has 2 aromatic rings. The first-order chi connectivity index (χ1) is 11.9. The van der Waals surface area contributed by atoms with Gasteiger partial charge in [0.2, 0.25) is 0 Å². The number of carbonyl (C=O) groups excluding carboxylic acids is 2. The molecule has 0 radical (unpaired) electrons. The van der Waals surface area contributed by atoms with Crippen LogP contribution in [-0.2, 0) is 16.1 Å². The molecule has 0 aliphatic rings. The molecule has 2 rings (SSSR count). The summed E-state index contributed by atoms with van der Waals surface area (Å²) in [6.45, 7) is -0.0322. The van der Waals surface area contributed by atoms with Crippen LogP contribution < -0.4 is 4.90 Å². The van der Waals surface area contributed by atoms with Gasteiger partial charge in [0.15, 0.2) is 6.61 Å². The average molecular weight is 344 g/mol. The molecule has 1 amide bonds. The minimum absolute atomic E-state index is 0.312. The predicted octanol–water partition coefficient (Wildman–Crippen LogP) is 2.71. The Balaban J connectivity index is 1.89. The maximum absolute atomic E-state index is 12.9. The van der Waals surface area contributed by atoms with Crippen molar-refractivity contribution >= 4 is 17.6 Å². The lowest BCUT2D eigenvalue weighted by Crippen LogP contribution is -2.30. The molecule has 0 saturated heterocycles. The third-order valence-electron chi connectivity index (χ3n) is 3.68. The molecule has 0 atom stereocenters. The molecule has 0 N–H and O–H groups in total. The number of ether oxygens (including phenoxy) is 1. The van der Waals surface area contributed by atoms with Crippen LogP contribution in [0.5, 0.6) is 0 Å². The molecule has 0 heterocycles. The van der Waals surface area contributed by atoms with Gasteiger partial charge >= 0.3 is 5.97 Å². The summed E-state index contributed by atoms with van der Waals surface area (Å²) in [6.07, 6.45) is 0. The van der Waals surface area contributed by atoms with Crippen LogP contribution in [0.2, 0.25) is 0 Å². The number of esters is 1. The zero-order valence-electron chi connectivity index (χ0n) is 14.5. The highest BCUT2D eigenvalue weighted by molar-refractivity contribution is 5.92. The molecule has 0 aliphatic carbocycles. The number of benzene rings is 2. The minimum Gasteiger partial charge on any atom is -0.452 e. The summed E-state index contributed by atoms with van der Waals surface area (Å²) in [5.74, 6) is -1.21. The lowest BCUT2D eigenvalue weighted by Gasteiger charge is -2.17. The molecule has 0 unspecified atom stereocenters. The van der Waals surface area contributed by atoms with Gasteiger partial charge in [-0.3, -0.25) is 4.79 Å². The molecule has 0 aromatic heterocycles. The lowest BCUT2D eigenvalue weighted by atomic mass is 10.2. The van der Waals surface area contributed by atoms with Crippen LogP contribution in [0.4, 0.5) is 10.1 Å². The summed E-state index contributed by atoms with van der Waals surface area (Å²) in [7, 11) is 5.35. The highest BCUT2D eigenvalue weighted by atomic mass is 19.1. The van der Waals surface area contributed by atoms with E-state index < -0.39 is 5.97 Å². The van der Waals surface area contributed by atoms with Crippen molar-refractivity contribution in [2.24, 2.45) is 0 Å². The van der Waals surface area contributed by atoms with Gasteiger partial charge in [0.25, 0.3) is 5.91 Å². The number of halogens is 1. The van der Waals surface area contributed by atoms with Crippen molar-refractivity contribution < 1.29 is 18.7 Å². The molecular formula is C19H21FN2O3. The van der Waals surface area contributed by atoms with Crippen LogP contribution >= 0.6 is 0 Å². The Morgan fingerprint density at radius 1 is 1.04 bits per heavy atom. The Labute approximate surface area is 146 Å². The average Bonchev–Trinajstić information content (AvgIpc) is 2.61. The molecular weight excluding hydrogens is 323 g/mol. The SMILES string of the molecule is CN(Cc1ccc(F)cc1)C(=O)COC(=O)c1cccc(N(C)C)c1. The van der Waals surface area contributed by atoms with E-state index in [2.05, 4.69) is 0 Å². The largest absolute Gasteiger partial charge is 0.452 e. The molecule has 132 valence electrons. The Morgan fingerprint density at radius 3 is 2.36 bits per heavy atom. The van der Waals surface area contributed by atoms with E-state index in [1.807, 2.05) is 25.1 Å². The molecule has 0 bridgehead atoms. The summed E-state index contributed by atoms with van der Waals surface area (Å²) < 4.78 is 18.0. The van der Waals surface area contributed by atoms with Crippen LogP contribution in [0.25, 0.3) is 0 Å². The van der Waals surface area contributed by atoms with Gasteiger partial charge in [0, 0.05) is 33.4 Å². The standard InChI is InChI=1S/C19H21FN2O3/c1-21(2)17-6-4-5-15(11-17)19(24)25-13-18(23)22(3)12-14-7-9-16(20)10-8-14/h4-11H,12-13H2,1-3H3. The summed E-state index contributed by atoms with van der Waals surface area (Å²) in [4.78, 5) is 27.5. The van der Waals surface area contributed by atoms with Gasteiger partial charge in [-0.25, -0.2) is 9.18 Å². The van der Waals surface area contributed by atoms with Crippen LogP contribution in [0.1, 0.15) is 15.9 Å². The van der Waals surface area contributed by atoms with Crippen molar-refractivity contribution in [2.75, 3.05) is 32.6 Å². The quantitative estimate of drug-likeness (QED) is 0.756. The molecule has 2 aromatic carbocycles. The topological polar surface area (TPSA) is 49.9 Å². The maximum Gasteiger partial charge on any atom is 0.338 e. The number of rotatable bonds is 6. The first kappa shape index (κ1) is 18.4. The Bertz CT molecular complexity index is 745. The van der Waals surface area contributed by atoms with E-state index in [4.69, 9.17) is 4.74 Å². The molecule has 0 spiro atoms. The van der Waals surface area contributed by atoms with E-state index in [0.717, 1.165) is 11.3 Å². The van der Waals surface area contributed by atoms with Crippen molar-refractivity contribution in [1.82, 2.24) is 4.90 Å². The lowest BCUT2D eigenvalue weighted by molar-refractivity contribution is -0.133. The van der Waals surface area contributed by atoms with Crippen molar-refractivity contribution in [3.05, 3.63) is 65.5 Å². The highest BCUT2D eigenvalue weighted by Gasteiger charge is 2.14. The third-order valence-corrected chi connectivity index (χ3v) is 3.68. The smallest absolute Gasteiger partial charge is 0.338 e. The number of nitrogens with zero attached hydrogens (tertiary/aromatic N) is 2. The van der Waals surface area contributed by atoms with E-state index in [1.54, 1.807) is 37.4 Å². The summed E-state index contributed by atoms with van der Waals surface area (Å²) in [6, 6.07) is 12.9. The molecule has 0 fully saturated rings. The predicted molar refractivity (Wildman–Crippen MR) is 93.9 cm³/mol. The van der Waals surface area contributed by atoms with Gasteiger partial charge < -0.3 is 14.5 Å². The Morgan fingerprint density at radius 2 is 1.72 bits per heavy atom. The molecule has 0 aliphatic heterocycles. The normalized spacial score (nSPS) is 10.2. The third kappa shape index (κ3) is 5.31. The van der Waals surface area contributed by atoms with Gasteiger partial charge in [-0.2, -0.15) is 0 Å². The van der Waals surface area contributed by atoms with Crippen molar-refractivity contribution in [2.45, 2.75) is 6.54 Å². The van der Waals surface area contributed by atoms with Crippen molar-refractivity contribution in [3.8, 4) is 0 Å². The van der Waals surface area contributed by atoms with Crippen molar-refractivity contribution in [1.29, 1.82) is 0 Å². The van der Waals surface area contributed by atoms with E-state index in [1.165, 1.54) is 17.0 Å². The fourth-order valence-corrected chi connectivity index (χ4v) is 2.18. The second-order valence-electron chi connectivity index (χ2n) is 5.90. The Hall–Kier alpha value is -2.89. The number of anilines is 1. The van der Waals surface area contributed by atoms with Gasteiger partial charge in [-0.15, -0.1) is 0 Å². The molecule has 0 saturated carbocycles. The van der Waals surface area contributed by atoms with Gasteiger partial charge in [-0.05, 0) is 35.9 Å². The number of hydrogen-bond acceptors (Lipinski definition) is 4. The summed E-state index contributed by atoms with van der Waals surface area (Å²) >= 11 is 0. The number of hydrogen-bond donors (Lipinski definition) is 0. The van der Waals surface area contributed by atoms with Gasteiger partial charge in [0.05, 0.1) is 5.56 Å². The van der Waals surface area contributed by atoms with E-state index in [0.29, 0.717) is 12.1 Å². The maximum atomic E-state index is 12.9. The van der Waals surface area contributed by atoms with E-state index in [-0.39, 0.29) is 18.3 Å². The second-order valence-corrected chi connectivity index (χ2v) is 5.90. The zero-order valence-corrected chi connectivity index (χ0v) is 14.5. The second kappa shape index (κ2) is 8.28. The first-order valence-corrected chi connectivity index (χ1v) is 7.79. The fraction of sp³-hybridized carbons (Fsp3) is 0.263. The fourth-order valence-electron chi connectivity index (χ4n) is 2.18. The monoisotopic (exact) mass is 344 g/mol. The summed E-state index contributed by atoms with van der Waals surface area (Å²) in [5.41, 5.74) is 2.05. The van der Waals surface area contributed by atoms with Crippen LogP contribution in [0.3, 0.4) is 0 Å². The summed E-state index contributed by atoms with van der Waals surface area (Å²) in [5, 5.41) is 0. The molecule has 5 nitrogen and oxygen atoms in total. The zero-order chi connectivity index (χ0) is 18.4. The van der Waals surface area contributed by atoms with Gasteiger partial charge in [0.1, 0.15) is 5.82 Å². The number of likely N-dealkylation sites (N-methyl/N-ethyl adjacent to an activating group) is 1. The Kier molecular flexibility index (Phi) is 6.11. The van der Waals surface area contributed by atoms with E-state index in [9.17, 15) is 14.0 Å². The van der Waals surface area contributed by atoms with Crippen LogP contribution in [0, 0.1) is 5.82 Å². The first-order valence-electron chi connectivity index (χ1n) is 7.79. The van der Waals surface area contributed by atoms with E-state index >= 15 is 0 Å². The van der Waals surface area contributed by atoms with Crippen LogP contribution in [0.15, 0.2) is 48.5 Å². The van der Waals surface area contributed by atoms with Crippen LogP contribution in [-0.4, -0.2) is 44.5 Å². The van der Waals surface area contributed by atoms with Gasteiger partial charge in [-0.1, -0.05) is 18.2 Å².